The maximum Gasteiger partial charge on any atom is 0.410 e. The molecule has 2 aromatic rings. The van der Waals surface area contributed by atoms with Gasteiger partial charge in [-0.05, 0) is 81.5 Å². The first kappa shape index (κ1) is 38.0. The van der Waals surface area contributed by atoms with Gasteiger partial charge >= 0.3 is 6.09 Å². The Morgan fingerprint density at radius 3 is 2.49 bits per heavy atom. The minimum Gasteiger partial charge on any atom is -0.497 e. The number of pyridine rings is 1. The van der Waals surface area contributed by atoms with Crippen LogP contribution < -0.4 is 14.2 Å². The van der Waals surface area contributed by atoms with Crippen LogP contribution in [0.15, 0.2) is 43.1 Å². The van der Waals surface area contributed by atoms with Gasteiger partial charge in [0.1, 0.15) is 23.5 Å². The van der Waals surface area contributed by atoms with Gasteiger partial charge in [-0.15, -0.1) is 6.58 Å². The maximum atomic E-state index is 14.6. The van der Waals surface area contributed by atoms with Crippen molar-refractivity contribution in [3.8, 4) is 11.6 Å². The number of likely N-dealkylation sites (tertiary alicyclic amines) is 1. The molecule has 1 aromatic carbocycles. The molecule has 14 heteroatoms. The number of hydrogen-bond donors (Lipinski definition) is 1. The first-order chi connectivity index (χ1) is 23.9. The summed E-state index contributed by atoms with van der Waals surface area (Å²) >= 11 is 0. The standard InChI is InChI=1S/C37H50N4O9S/c1-9-22(3)31(40(7)35(45)50-36(4,5)6)33(43)41-21-26(49-32-28-14-11-25(48-8)17-23(28)15-16-38-32)18-29(41)30(42)20-37(19-24(37)10-2)34(44)39-51(46,47)27-12-13-27/h10-11,14-17,22,24,26-27,29,31H,2,9,12-13,18-21H2,1,3-8H3,(H,39,44)/t22-,24+,26?,29-,31?,37+/m0/s1. The van der Waals surface area contributed by atoms with Gasteiger partial charge in [0.25, 0.3) is 0 Å². The van der Waals surface area contributed by atoms with Crippen molar-refractivity contribution in [3.63, 3.8) is 0 Å². The van der Waals surface area contributed by atoms with Gasteiger partial charge in [-0.25, -0.2) is 18.2 Å². The smallest absolute Gasteiger partial charge is 0.410 e. The summed E-state index contributed by atoms with van der Waals surface area (Å²) in [5.74, 6) is -1.32. The fourth-order valence-electron chi connectivity index (χ4n) is 6.88. The quantitative estimate of drug-likeness (QED) is 0.272. The second-order valence-corrected chi connectivity index (χ2v) is 17.1. The van der Waals surface area contributed by atoms with Crippen molar-refractivity contribution in [1.29, 1.82) is 0 Å². The van der Waals surface area contributed by atoms with Gasteiger partial charge in [0.2, 0.25) is 27.7 Å². The van der Waals surface area contributed by atoms with Crippen molar-refractivity contribution >= 4 is 44.5 Å². The van der Waals surface area contributed by atoms with Crippen LogP contribution in [0, 0.1) is 17.3 Å². The molecule has 2 unspecified atom stereocenters. The molecule has 1 aromatic heterocycles. The molecule has 1 saturated heterocycles. The SMILES string of the molecule is C=C[C@@H]1C[C@]1(CC(=O)[C@@H]1CC(Oc2nccc3cc(OC)ccc23)CN1C(=O)C([C@@H](C)CC)N(C)C(=O)OC(C)(C)C)C(=O)NS(=O)(=O)C1CC1. The average Bonchev–Trinajstić information content (AvgIpc) is 4.00. The lowest BCUT2D eigenvalue weighted by atomic mass is 9.91. The topological polar surface area (TPSA) is 162 Å². The molecule has 13 nitrogen and oxygen atoms in total. The number of hydrogen-bond acceptors (Lipinski definition) is 10. The van der Waals surface area contributed by atoms with Crippen LogP contribution in [0.3, 0.4) is 0 Å². The highest BCUT2D eigenvalue weighted by Gasteiger charge is 2.61. The van der Waals surface area contributed by atoms with Crippen molar-refractivity contribution in [2.75, 3.05) is 20.7 Å². The first-order valence-corrected chi connectivity index (χ1v) is 19.1. The van der Waals surface area contributed by atoms with Crippen molar-refractivity contribution in [3.05, 3.63) is 43.1 Å². The van der Waals surface area contributed by atoms with E-state index in [1.807, 2.05) is 32.0 Å². The number of benzene rings is 1. The number of carbonyl (C=O) groups is 4. The zero-order chi connectivity index (χ0) is 37.5. The third-order valence-corrected chi connectivity index (χ3v) is 12.0. The number of amides is 3. The van der Waals surface area contributed by atoms with E-state index in [1.165, 1.54) is 16.8 Å². The van der Waals surface area contributed by atoms with Gasteiger partial charge in [0, 0.05) is 31.5 Å². The number of ketones is 1. The highest BCUT2D eigenvalue weighted by molar-refractivity contribution is 7.90. The molecule has 1 aliphatic heterocycles. The summed E-state index contributed by atoms with van der Waals surface area (Å²) < 4.78 is 45.0. The number of nitrogens with one attached hydrogen (secondary N) is 1. The Bertz CT molecular complexity index is 1800. The van der Waals surface area contributed by atoms with Gasteiger partial charge in [-0.1, -0.05) is 26.3 Å². The van der Waals surface area contributed by atoms with Crippen molar-refractivity contribution in [1.82, 2.24) is 19.5 Å². The zero-order valence-electron chi connectivity index (χ0n) is 30.5. The molecule has 3 aliphatic rings. The first-order valence-electron chi connectivity index (χ1n) is 17.5. The number of methoxy groups -OCH3 is 1. The molecule has 3 fully saturated rings. The number of allylic oxidation sites excluding steroid dienone is 1. The van der Waals surface area contributed by atoms with Gasteiger partial charge in [0.05, 0.1) is 30.4 Å². The van der Waals surface area contributed by atoms with Gasteiger partial charge in [-0.3, -0.25) is 24.0 Å². The predicted octanol–water partition coefficient (Wildman–Crippen LogP) is 4.63. The number of carbonyl (C=O) groups excluding carboxylic acids is 4. The molecular weight excluding hydrogens is 676 g/mol. The number of sulfonamides is 1. The molecule has 0 bridgehead atoms. The van der Waals surface area contributed by atoms with Gasteiger partial charge in [-0.2, -0.15) is 0 Å². The Morgan fingerprint density at radius 2 is 1.90 bits per heavy atom. The number of nitrogens with zero attached hydrogens (tertiary/aromatic N) is 3. The lowest BCUT2D eigenvalue weighted by Crippen LogP contribution is -2.55. The molecular formula is C37H50N4O9S. The van der Waals surface area contributed by atoms with Crippen LogP contribution in [0.4, 0.5) is 4.79 Å². The second-order valence-electron chi connectivity index (χ2n) is 15.1. The second kappa shape index (κ2) is 14.4. The molecule has 0 spiro atoms. The van der Waals surface area contributed by atoms with E-state index in [0.29, 0.717) is 36.3 Å². The lowest BCUT2D eigenvalue weighted by Gasteiger charge is -2.36. The summed E-state index contributed by atoms with van der Waals surface area (Å²) in [6.45, 7) is 12.8. The van der Waals surface area contributed by atoms with Crippen LogP contribution in [-0.2, 0) is 29.1 Å². The molecule has 51 heavy (non-hydrogen) atoms. The summed E-state index contributed by atoms with van der Waals surface area (Å²) in [6, 6.07) is 5.30. The molecule has 2 aliphatic carbocycles. The molecule has 6 atom stereocenters. The van der Waals surface area contributed by atoms with Crippen molar-refractivity contribution in [2.45, 2.75) is 102 Å². The number of ether oxygens (including phenoxy) is 3. The average molecular weight is 727 g/mol. The molecule has 3 amide bonds. The van der Waals surface area contributed by atoms with Crippen molar-refractivity contribution < 1.29 is 41.8 Å². The molecule has 278 valence electrons. The monoisotopic (exact) mass is 726 g/mol. The molecule has 1 N–H and O–H groups in total. The minimum atomic E-state index is -3.85. The number of aromatic nitrogens is 1. The minimum absolute atomic E-state index is 0.0126. The Kier molecular flexibility index (Phi) is 10.8. The third-order valence-electron chi connectivity index (χ3n) is 10.2. The van der Waals surface area contributed by atoms with E-state index >= 15 is 0 Å². The Balaban J connectivity index is 1.46. The van der Waals surface area contributed by atoms with Gasteiger partial charge < -0.3 is 19.1 Å². The summed E-state index contributed by atoms with van der Waals surface area (Å²) in [5.41, 5.74) is -2.10. The number of fused-ring (bicyclic) bond motifs is 1. The van der Waals surface area contributed by atoms with E-state index in [-0.39, 0.29) is 31.7 Å². The van der Waals surface area contributed by atoms with Crippen LogP contribution >= 0.6 is 0 Å². The molecule has 0 radical (unpaired) electrons. The predicted molar refractivity (Wildman–Crippen MR) is 191 cm³/mol. The summed E-state index contributed by atoms with van der Waals surface area (Å²) in [4.78, 5) is 63.0. The van der Waals surface area contributed by atoms with Crippen LogP contribution in [0.2, 0.25) is 0 Å². The highest BCUT2D eigenvalue weighted by Crippen LogP contribution is 2.57. The van der Waals surface area contributed by atoms with Crippen molar-refractivity contribution in [2.24, 2.45) is 17.3 Å². The van der Waals surface area contributed by atoms with E-state index in [2.05, 4.69) is 16.3 Å². The molecule has 5 rings (SSSR count). The van der Waals surface area contributed by atoms with Crippen LogP contribution in [0.1, 0.15) is 73.1 Å². The van der Waals surface area contributed by atoms with Crippen LogP contribution in [-0.4, -0.2) is 96.6 Å². The van der Waals surface area contributed by atoms with E-state index < -0.39 is 74.1 Å². The Hall–Kier alpha value is -4.20. The van der Waals surface area contributed by atoms with E-state index in [4.69, 9.17) is 14.2 Å². The van der Waals surface area contributed by atoms with Crippen LogP contribution in [0.5, 0.6) is 11.6 Å². The van der Waals surface area contributed by atoms with E-state index in [9.17, 15) is 27.6 Å². The molecule has 2 heterocycles. The van der Waals surface area contributed by atoms with Crippen LogP contribution in [0.25, 0.3) is 10.8 Å². The number of Topliss-reactive ketones (excluding diaryl/α,β-unsaturated/α-hetero) is 1. The molecule has 2 saturated carbocycles. The largest absolute Gasteiger partial charge is 0.497 e. The zero-order valence-corrected chi connectivity index (χ0v) is 31.3. The maximum absolute atomic E-state index is 14.6. The fraction of sp³-hybridized carbons (Fsp3) is 0.595. The van der Waals surface area contributed by atoms with E-state index in [0.717, 1.165) is 5.39 Å². The third kappa shape index (κ3) is 8.15. The summed E-state index contributed by atoms with van der Waals surface area (Å²) in [6.07, 6.45) is 3.41. The Labute approximate surface area is 300 Å². The number of rotatable bonds is 14. The fourth-order valence-corrected chi connectivity index (χ4v) is 8.26. The lowest BCUT2D eigenvalue weighted by molar-refractivity contribution is -0.144. The van der Waals surface area contributed by atoms with E-state index in [1.54, 1.807) is 46.2 Å². The Morgan fingerprint density at radius 1 is 1.20 bits per heavy atom. The van der Waals surface area contributed by atoms with Gasteiger partial charge in [0.15, 0.2) is 5.78 Å². The summed E-state index contributed by atoms with van der Waals surface area (Å²) in [5, 5.41) is 0.929. The highest BCUT2D eigenvalue weighted by atomic mass is 32.2. The number of likely N-dealkylation sites (N-methyl/N-ethyl adjacent to an activating group) is 1. The normalized spacial score (nSPS) is 24.3. The summed E-state index contributed by atoms with van der Waals surface area (Å²) in [7, 11) is -0.768.